The number of nitrogens with zero attached hydrogens (tertiary/aromatic N) is 1. The van der Waals surface area contributed by atoms with Gasteiger partial charge in [-0.2, -0.15) is 0 Å². The van der Waals surface area contributed by atoms with Crippen molar-refractivity contribution in [3.05, 3.63) is 82.9 Å². The van der Waals surface area contributed by atoms with Gasteiger partial charge in [0.1, 0.15) is 6.61 Å². The zero-order valence-corrected chi connectivity index (χ0v) is 19.1. The highest BCUT2D eigenvalue weighted by molar-refractivity contribution is 6.33. The van der Waals surface area contributed by atoms with Crippen LogP contribution in [0.3, 0.4) is 0 Å². The first-order chi connectivity index (χ1) is 15.7. The van der Waals surface area contributed by atoms with Crippen LogP contribution in [0.15, 0.2) is 66.7 Å². The third-order valence-corrected chi connectivity index (χ3v) is 5.67. The van der Waals surface area contributed by atoms with Gasteiger partial charge in [-0.3, -0.25) is 0 Å². The number of nitrogens with one attached hydrogen (secondary N) is 1. The second-order valence-electron chi connectivity index (χ2n) is 7.57. The molecule has 5 nitrogen and oxygen atoms in total. The van der Waals surface area contributed by atoms with Crippen LogP contribution in [-0.2, 0) is 17.9 Å². The number of para-hydroxylation sites is 1. The van der Waals surface area contributed by atoms with Gasteiger partial charge in [-0.15, -0.1) is 0 Å². The maximum atomic E-state index is 6.59. The van der Waals surface area contributed by atoms with E-state index in [2.05, 4.69) is 40.5 Å². The SMILES string of the molecule is CCOc1cccc(CNc2ccc(N3CCOCC3)c(Cl)c2)c1OCc1ccccc1. The Morgan fingerprint density at radius 2 is 1.78 bits per heavy atom. The van der Waals surface area contributed by atoms with E-state index in [4.69, 9.17) is 25.8 Å². The standard InChI is InChI=1S/C26H29ClN2O3/c1-2-31-25-10-6-9-21(26(25)32-19-20-7-4-3-5-8-20)18-28-22-11-12-24(23(27)17-22)29-13-15-30-16-14-29/h3-12,17,28H,2,13-16,18-19H2,1H3. The van der Waals surface area contributed by atoms with Gasteiger partial charge in [0.2, 0.25) is 0 Å². The number of morpholine rings is 1. The Kier molecular flexibility index (Phi) is 7.75. The molecule has 0 atom stereocenters. The highest BCUT2D eigenvalue weighted by atomic mass is 35.5. The lowest BCUT2D eigenvalue weighted by Gasteiger charge is -2.29. The summed E-state index contributed by atoms with van der Waals surface area (Å²) in [4.78, 5) is 2.26. The molecule has 0 bridgehead atoms. The van der Waals surface area contributed by atoms with E-state index in [0.717, 1.165) is 65.3 Å². The van der Waals surface area contributed by atoms with Crippen LogP contribution >= 0.6 is 11.6 Å². The van der Waals surface area contributed by atoms with Crippen LogP contribution < -0.4 is 19.7 Å². The van der Waals surface area contributed by atoms with Crippen LogP contribution in [0.25, 0.3) is 0 Å². The molecule has 1 heterocycles. The molecule has 1 saturated heterocycles. The summed E-state index contributed by atoms with van der Waals surface area (Å²) in [5.74, 6) is 1.52. The summed E-state index contributed by atoms with van der Waals surface area (Å²) in [6, 6.07) is 22.2. The number of ether oxygens (including phenoxy) is 3. The Hall–Kier alpha value is -2.89. The molecule has 1 aliphatic rings. The van der Waals surface area contributed by atoms with Gasteiger partial charge in [0.05, 0.1) is 30.5 Å². The fraction of sp³-hybridized carbons (Fsp3) is 0.308. The lowest BCUT2D eigenvalue weighted by atomic mass is 10.1. The van der Waals surface area contributed by atoms with Crippen molar-refractivity contribution < 1.29 is 14.2 Å². The van der Waals surface area contributed by atoms with Crippen LogP contribution in [-0.4, -0.2) is 32.9 Å². The van der Waals surface area contributed by atoms with Crippen molar-refractivity contribution in [1.82, 2.24) is 0 Å². The van der Waals surface area contributed by atoms with E-state index < -0.39 is 0 Å². The minimum absolute atomic E-state index is 0.484. The molecule has 0 aromatic heterocycles. The Labute approximate surface area is 194 Å². The minimum atomic E-state index is 0.484. The molecule has 0 unspecified atom stereocenters. The van der Waals surface area contributed by atoms with E-state index >= 15 is 0 Å². The summed E-state index contributed by atoms with van der Waals surface area (Å²) in [6.07, 6.45) is 0. The largest absolute Gasteiger partial charge is 0.490 e. The first kappa shape index (κ1) is 22.3. The van der Waals surface area contributed by atoms with Crippen molar-refractivity contribution in [2.45, 2.75) is 20.1 Å². The molecule has 6 heteroatoms. The molecule has 168 valence electrons. The summed E-state index contributed by atoms with van der Waals surface area (Å²) in [7, 11) is 0. The summed E-state index contributed by atoms with van der Waals surface area (Å²) in [5.41, 5.74) is 4.15. The Morgan fingerprint density at radius 3 is 2.53 bits per heavy atom. The van der Waals surface area contributed by atoms with E-state index in [1.165, 1.54) is 0 Å². The fourth-order valence-electron chi connectivity index (χ4n) is 3.74. The Bertz CT molecular complexity index is 1010. The summed E-state index contributed by atoms with van der Waals surface area (Å²) < 4.78 is 17.5. The molecule has 3 aromatic rings. The number of benzene rings is 3. The van der Waals surface area contributed by atoms with Crippen LogP contribution in [0.2, 0.25) is 5.02 Å². The highest BCUT2D eigenvalue weighted by Crippen LogP contribution is 2.34. The minimum Gasteiger partial charge on any atom is -0.490 e. The number of hydrogen-bond donors (Lipinski definition) is 1. The first-order valence-corrected chi connectivity index (χ1v) is 11.4. The molecule has 32 heavy (non-hydrogen) atoms. The van der Waals surface area contributed by atoms with Gasteiger partial charge >= 0.3 is 0 Å². The molecule has 0 spiro atoms. The van der Waals surface area contributed by atoms with Crippen molar-refractivity contribution in [1.29, 1.82) is 0 Å². The topological polar surface area (TPSA) is 43.0 Å². The summed E-state index contributed by atoms with van der Waals surface area (Å²) in [6.45, 7) is 6.82. The monoisotopic (exact) mass is 452 g/mol. The van der Waals surface area contributed by atoms with Gasteiger partial charge in [0.15, 0.2) is 11.5 Å². The third-order valence-electron chi connectivity index (χ3n) is 5.37. The molecular formula is C26H29ClN2O3. The second-order valence-corrected chi connectivity index (χ2v) is 7.98. The maximum Gasteiger partial charge on any atom is 0.166 e. The van der Waals surface area contributed by atoms with Gasteiger partial charge < -0.3 is 24.4 Å². The van der Waals surface area contributed by atoms with Gasteiger partial charge in [0, 0.05) is 30.9 Å². The zero-order valence-electron chi connectivity index (χ0n) is 18.4. The average molecular weight is 453 g/mol. The molecule has 1 fully saturated rings. The van der Waals surface area contributed by atoms with Crippen molar-refractivity contribution in [2.24, 2.45) is 0 Å². The molecule has 1 aliphatic heterocycles. The van der Waals surface area contributed by atoms with E-state index in [1.807, 2.05) is 43.3 Å². The van der Waals surface area contributed by atoms with Crippen molar-refractivity contribution in [3.63, 3.8) is 0 Å². The summed E-state index contributed by atoms with van der Waals surface area (Å²) in [5, 5.41) is 4.21. The molecule has 1 N–H and O–H groups in total. The molecule has 0 saturated carbocycles. The molecule has 0 aliphatic carbocycles. The predicted octanol–water partition coefficient (Wildman–Crippen LogP) is 5.77. The second kappa shape index (κ2) is 11.1. The molecule has 4 rings (SSSR count). The average Bonchev–Trinajstić information content (AvgIpc) is 2.83. The molecule has 0 amide bonds. The van der Waals surface area contributed by atoms with E-state index in [0.29, 0.717) is 19.8 Å². The van der Waals surface area contributed by atoms with E-state index in [9.17, 15) is 0 Å². The van der Waals surface area contributed by atoms with Crippen LogP contribution in [0, 0.1) is 0 Å². The van der Waals surface area contributed by atoms with Gasteiger partial charge in [0.25, 0.3) is 0 Å². The first-order valence-electron chi connectivity index (χ1n) is 11.0. The number of rotatable bonds is 9. The fourth-order valence-corrected chi connectivity index (χ4v) is 4.04. The maximum absolute atomic E-state index is 6.59. The van der Waals surface area contributed by atoms with Gasteiger partial charge in [-0.25, -0.2) is 0 Å². The lowest BCUT2D eigenvalue weighted by Crippen LogP contribution is -2.36. The third kappa shape index (κ3) is 5.67. The quantitative estimate of drug-likeness (QED) is 0.446. The highest BCUT2D eigenvalue weighted by Gasteiger charge is 2.15. The van der Waals surface area contributed by atoms with Gasteiger partial charge in [-0.05, 0) is 36.8 Å². The van der Waals surface area contributed by atoms with Crippen molar-refractivity contribution in [3.8, 4) is 11.5 Å². The van der Waals surface area contributed by atoms with Crippen LogP contribution in [0.1, 0.15) is 18.1 Å². The van der Waals surface area contributed by atoms with Crippen LogP contribution in [0.4, 0.5) is 11.4 Å². The van der Waals surface area contributed by atoms with Crippen molar-refractivity contribution >= 4 is 23.0 Å². The summed E-state index contributed by atoms with van der Waals surface area (Å²) >= 11 is 6.59. The Morgan fingerprint density at radius 1 is 0.969 bits per heavy atom. The zero-order chi connectivity index (χ0) is 22.2. The number of hydrogen-bond acceptors (Lipinski definition) is 5. The smallest absolute Gasteiger partial charge is 0.166 e. The van der Waals surface area contributed by atoms with E-state index in [-0.39, 0.29) is 0 Å². The van der Waals surface area contributed by atoms with Gasteiger partial charge in [-0.1, -0.05) is 54.1 Å². The molecule has 3 aromatic carbocycles. The Balaban J connectivity index is 1.47. The predicted molar refractivity (Wildman–Crippen MR) is 130 cm³/mol. The number of halogens is 1. The lowest BCUT2D eigenvalue weighted by molar-refractivity contribution is 0.122. The normalized spacial score (nSPS) is 13.6. The molecular weight excluding hydrogens is 424 g/mol. The van der Waals surface area contributed by atoms with Crippen molar-refractivity contribution in [2.75, 3.05) is 43.1 Å². The van der Waals surface area contributed by atoms with E-state index in [1.54, 1.807) is 0 Å². The number of anilines is 2. The molecule has 0 radical (unpaired) electrons. The van der Waals surface area contributed by atoms with Crippen LogP contribution in [0.5, 0.6) is 11.5 Å².